The third kappa shape index (κ3) is 6.44. The van der Waals surface area contributed by atoms with Gasteiger partial charge in [-0.3, -0.25) is 4.99 Å². The van der Waals surface area contributed by atoms with E-state index in [1.807, 2.05) is 19.9 Å². The largest absolute Gasteiger partial charge is 0.450 e. The molecule has 8 nitrogen and oxygen atoms in total. The Hall–Kier alpha value is -2.10. The monoisotopic (exact) mass is 691 g/mol. The molecule has 6 aliphatic heterocycles. The summed E-state index contributed by atoms with van der Waals surface area (Å²) in [5.74, 6) is -1.16. The van der Waals surface area contributed by atoms with Crippen molar-refractivity contribution in [3.8, 4) is 0 Å². The van der Waals surface area contributed by atoms with Crippen LogP contribution < -0.4 is 0 Å². The van der Waals surface area contributed by atoms with Gasteiger partial charge in [0.05, 0.1) is 18.3 Å². The molecule has 0 amide bonds. The van der Waals surface area contributed by atoms with Crippen molar-refractivity contribution in [2.45, 2.75) is 173 Å². The molecule has 50 heavy (non-hydrogen) atoms. The van der Waals surface area contributed by atoms with E-state index < -0.39 is 23.3 Å². The Morgan fingerprint density at radius 1 is 0.940 bits per heavy atom. The van der Waals surface area contributed by atoms with Gasteiger partial charge in [0.1, 0.15) is 11.7 Å². The molecular formula is C42H61NO7. The average molecular weight is 692 g/mol. The number of nitrogens with zero attached hydrogens (tertiary/aromatic N) is 1. The predicted molar refractivity (Wildman–Crippen MR) is 193 cm³/mol. The quantitative estimate of drug-likeness (QED) is 0.213. The minimum atomic E-state index is -1.11. The van der Waals surface area contributed by atoms with Crippen LogP contribution in [0.5, 0.6) is 0 Å². The van der Waals surface area contributed by atoms with Crippen LogP contribution >= 0.6 is 0 Å². The van der Waals surface area contributed by atoms with Crippen LogP contribution in [0.25, 0.3) is 0 Å². The topological polar surface area (TPSA) is 107 Å². The van der Waals surface area contributed by atoms with E-state index in [4.69, 9.17) is 23.9 Å². The first-order valence-electron chi connectivity index (χ1n) is 19.6. The fourth-order valence-electron chi connectivity index (χ4n) is 10.5. The maximum Gasteiger partial charge on any atom is 0.334 e. The number of hydrogen-bond donors (Lipinski definition) is 2. The van der Waals surface area contributed by atoms with Crippen LogP contribution in [0, 0.1) is 23.2 Å². The molecule has 1 aliphatic carbocycles. The number of aliphatic hydroxyl groups excluding tert-OH is 1. The fourth-order valence-corrected chi connectivity index (χ4v) is 10.5. The maximum absolute atomic E-state index is 12.5. The summed E-state index contributed by atoms with van der Waals surface area (Å²) in [6, 6.07) is 0. The van der Waals surface area contributed by atoms with Crippen LogP contribution in [-0.2, 0) is 23.7 Å². The zero-order valence-corrected chi connectivity index (χ0v) is 31.4. The highest BCUT2D eigenvalue weighted by atomic mass is 16.8. The van der Waals surface area contributed by atoms with Gasteiger partial charge in [-0.05, 0) is 121 Å². The summed E-state index contributed by atoms with van der Waals surface area (Å²) in [4.78, 5) is 18.0. The molecule has 276 valence electrons. The number of cyclic esters (lactones) is 1. The molecule has 8 heteroatoms. The average Bonchev–Trinajstić information content (AvgIpc) is 3.71. The van der Waals surface area contributed by atoms with Gasteiger partial charge in [0.25, 0.3) is 0 Å². The van der Waals surface area contributed by atoms with E-state index in [2.05, 4.69) is 40.3 Å². The first-order chi connectivity index (χ1) is 23.6. The fraction of sp³-hybridized carbons (Fsp3) is 0.762. The molecule has 6 heterocycles. The Bertz CT molecular complexity index is 1510. The summed E-state index contributed by atoms with van der Waals surface area (Å²) in [6.07, 6.45) is 14.0. The zero-order chi connectivity index (χ0) is 35.6. The van der Waals surface area contributed by atoms with Crippen molar-refractivity contribution in [1.82, 2.24) is 0 Å². The zero-order valence-electron chi connectivity index (χ0n) is 31.4. The van der Waals surface area contributed by atoms with E-state index in [1.165, 1.54) is 22.4 Å². The van der Waals surface area contributed by atoms with Gasteiger partial charge < -0.3 is 29.2 Å². The molecule has 0 saturated carbocycles. The molecule has 3 fully saturated rings. The molecule has 0 aromatic rings. The summed E-state index contributed by atoms with van der Waals surface area (Å²) in [6.45, 7) is 18.0. The normalized spacial score (nSPS) is 47.0. The number of aliphatic hydroxyl groups is 2. The van der Waals surface area contributed by atoms with Crippen molar-refractivity contribution < 1.29 is 34.0 Å². The minimum absolute atomic E-state index is 0.0226. The molecule has 7 rings (SSSR count). The molecule has 7 aliphatic rings. The Kier molecular flexibility index (Phi) is 9.71. The number of ether oxygens (including phenoxy) is 4. The van der Waals surface area contributed by atoms with Crippen molar-refractivity contribution in [3.63, 3.8) is 0 Å². The third-order valence-electron chi connectivity index (χ3n) is 14.0. The Labute approximate surface area is 299 Å². The second-order valence-corrected chi connectivity index (χ2v) is 17.5. The van der Waals surface area contributed by atoms with Crippen LogP contribution in [-0.4, -0.2) is 70.0 Å². The van der Waals surface area contributed by atoms with Crippen molar-refractivity contribution in [2.75, 3.05) is 6.54 Å². The molecule has 0 aromatic carbocycles. The Balaban J connectivity index is 1.27. The molecule has 0 aromatic heterocycles. The van der Waals surface area contributed by atoms with E-state index in [-0.39, 0.29) is 35.6 Å². The lowest BCUT2D eigenvalue weighted by atomic mass is 9.56. The summed E-state index contributed by atoms with van der Waals surface area (Å²) >= 11 is 0. The van der Waals surface area contributed by atoms with Gasteiger partial charge in [-0.1, -0.05) is 37.6 Å². The molecule has 3 saturated heterocycles. The van der Waals surface area contributed by atoms with E-state index in [0.717, 1.165) is 69.9 Å². The van der Waals surface area contributed by atoms with Crippen LogP contribution in [0.15, 0.2) is 51.6 Å². The molecule has 3 spiro atoms. The lowest BCUT2D eigenvalue weighted by Crippen LogP contribution is -2.60. The number of hydrogen-bond acceptors (Lipinski definition) is 8. The Morgan fingerprint density at radius 3 is 2.48 bits per heavy atom. The van der Waals surface area contributed by atoms with E-state index >= 15 is 0 Å². The maximum atomic E-state index is 12.5. The molecule has 0 radical (unpaired) electrons. The molecule has 11 unspecified atom stereocenters. The second-order valence-electron chi connectivity index (χ2n) is 17.5. The van der Waals surface area contributed by atoms with Crippen LogP contribution in [0.1, 0.15) is 131 Å². The predicted octanol–water partition coefficient (Wildman–Crippen LogP) is 7.83. The molecule has 11 atom stereocenters. The number of allylic oxidation sites excluding steroid dienone is 2. The second kappa shape index (κ2) is 13.4. The van der Waals surface area contributed by atoms with E-state index in [9.17, 15) is 15.0 Å². The molecule has 4 bridgehead atoms. The van der Waals surface area contributed by atoms with E-state index in [1.54, 1.807) is 0 Å². The third-order valence-corrected chi connectivity index (χ3v) is 14.0. The summed E-state index contributed by atoms with van der Waals surface area (Å²) in [5.41, 5.74) is 5.21. The van der Waals surface area contributed by atoms with Gasteiger partial charge in [0.2, 0.25) is 5.79 Å². The molecule has 2 N–H and O–H groups in total. The highest BCUT2D eigenvalue weighted by Crippen LogP contribution is 2.56. The number of fused-ring (bicyclic) bond motifs is 2. The number of aliphatic imine (C=N–C) groups is 1. The van der Waals surface area contributed by atoms with Crippen molar-refractivity contribution in [3.05, 3.63) is 46.6 Å². The van der Waals surface area contributed by atoms with Crippen molar-refractivity contribution in [2.24, 2.45) is 28.2 Å². The SMILES string of the molecule is C=C1CCCC2=NCC(C)C(C)CC23CCC(C2C=C(C)C(=O)O2)=C(C)C3/C=C(/C)C(O)CC2CCC3(CCC4(OC(CCC4(C)O)C1)O3)O2. The van der Waals surface area contributed by atoms with Gasteiger partial charge in [0, 0.05) is 54.8 Å². The standard InChI is InChI=1S/C42H61NO7/c1-25-9-8-10-37-40(23-28(4)29(5)24-43-37)15-13-33(36-21-27(3)38(45)47-36)30(6)34(40)20-26(2)35(44)22-32-12-16-41(48-32)17-18-42(50-41)39(7,46)14-11-31(19-25)49-42/h20-21,28-29,31-32,34-36,44,46H,1,8-19,22-24H2,2-7H3/b26-20-. The van der Waals surface area contributed by atoms with Crippen LogP contribution in [0.2, 0.25) is 0 Å². The van der Waals surface area contributed by atoms with Gasteiger partial charge in [0.15, 0.2) is 5.79 Å². The smallest absolute Gasteiger partial charge is 0.334 e. The van der Waals surface area contributed by atoms with Gasteiger partial charge in [-0.25, -0.2) is 4.79 Å². The van der Waals surface area contributed by atoms with Gasteiger partial charge in [-0.2, -0.15) is 0 Å². The summed E-state index contributed by atoms with van der Waals surface area (Å²) in [5, 5.41) is 23.4. The highest BCUT2D eigenvalue weighted by molar-refractivity contribution is 5.92. The number of esters is 1. The highest BCUT2D eigenvalue weighted by Gasteiger charge is 2.64. The number of rotatable bonds is 1. The molecular weight excluding hydrogens is 630 g/mol. The lowest BCUT2D eigenvalue weighted by molar-refractivity contribution is -0.387. The van der Waals surface area contributed by atoms with Gasteiger partial charge >= 0.3 is 5.97 Å². The van der Waals surface area contributed by atoms with Crippen LogP contribution in [0.3, 0.4) is 0 Å². The van der Waals surface area contributed by atoms with Crippen molar-refractivity contribution >= 4 is 11.7 Å². The van der Waals surface area contributed by atoms with Crippen molar-refractivity contribution in [1.29, 1.82) is 0 Å². The number of carbonyl (C=O) groups is 1. The van der Waals surface area contributed by atoms with E-state index in [0.29, 0.717) is 49.5 Å². The van der Waals surface area contributed by atoms with Gasteiger partial charge in [-0.15, -0.1) is 0 Å². The van der Waals surface area contributed by atoms with Crippen LogP contribution in [0.4, 0.5) is 0 Å². The lowest BCUT2D eigenvalue weighted by Gasteiger charge is -2.49. The number of carbonyl (C=O) groups excluding carboxylic acids is 1. The minimum Gasteiger partial charge on any atom is -0.450 e. The first kappa shape index (κ1) is 36.3. The summed E-state index contributed by atoms with van der Waals surface area (Å²) < 4.78 is 26.1. The summed E-state index contributed by atoms with van der Waals surface area (Å²) in [7, 11) is 0. The Morgan fingerprint density at radius 2 is 1.72 bits per heavy atom. The first-order valence-corrected chi connectivity index (χ1v) is 19.6.